The number of imide groups is 1. The molecule has 0 saturated carbocycles. The number of fused-ring (bicyclic) bond motifs is 1. The fourth-order valence-corrected chi connectivity index (χ4v) is 2.76. The largest absolute Gasteiger partial charge is 0.450 e. The Kier molecular flexibility index (Phi) is 6.52. The lowest BCUT2D eigenvalue weighted by Gasteiger charge is -2.18. The normalized spacial score (nSPS) is 12.0. The van der Waals surface area contributed by atoms with Crippen LogP contribution in [0.15, 0.2) is 27.4 Å². The number of hydrogen-bond donors (Lipinski definition) is 2. The van der Waals surface area contributed by atoms with E-state index in [2.05, 4.69) is 5.32 Å². The van der Waals surface area contributed by atoms with Crippen LogP contribution in [0.4, 0.5) is 4.79 Å². The molecule has 1 unspecified atom stereocenters. The molecule has 2 rings (SSSR count). The smallest absolute Gasteiger partial charge is 0.414 e. The van der Waals surface area contributed by atoms with Crippen LogP contribution in [0.2, 0.25) is 0 Å². The highest BCUT2D eigenvalue weighted by Gasteiger charge is 2.18. The van der Waals surface area contributed by atoms with E-state index in [0.717, 1.165) is 27.0 Å². The molecule has 7 heteroatoms. The van der Waals surface area contributed by atoms with Gasteiger partial charge in [0.2, 0.25) is 0 Å². The van der Waals surface area contributed by atoms with E-state index >= 15 is 0 Å². The Hall–Kier alpha value is -2.67. The van der Waals surface area contributed by atoms with Gasteiger partial charge in [-0.25, -0.2) is 9.59 Å². The molecule has 0 saturated heterocycles. The molecular formula is C19H25N2O5+. The number of aryl methyl sites for hydroxylation is 2. The van der Waals surface area contributed by atoms with Crippen LogP contribution in [0.1, 0.15) is 30.5 Å². The zero-order valence-corrected chi connectivity index (χ0v) is 15.6. The van der Waals surface area contributed by atoms with Crippen molar-refractivity contribution in [3.05, 3.63) is 45.3 Å². The molecule has 0 aliphatic heterocycles. The van der Waals surface area contributed by atoms with Crippen molar-refractivity contribution in [1.82, 2.24) is 5.32 Å². The van der Waals surface area contributed by atoms with Gasteiger partial charge in [-0.1, -0.05) is 0 Å². The molecule has 1 atom stereocenters. The van der Waals surface area contributed by atoms with Gasteiger partial charge in [-0.3, -0.25) is 10.1 Å². The molecule has 2 N–H and O–H groups in total. The first kappa shape index (κ1) is 19.7. The zero-order valence-electron chi connectivity index (χ0n) is 15.6. The molecule has 0 spiro atoms. The summed E-state index contributed by atoms with van der Waals surface area (Å²) in [5, 5.41) is 3.06. The molecule has 0 aliphatic carbocycles. The van der Waals surface area contributed by atoms with Gasteiger partial charge >= 0.3 is 11.7 Å². The number of quaternary nitrogens is 1. The number of carbonyl (C=O) groups is 2. The first-order valence-corrected chi connectivity index (χ1v) is 8.68. The van der Waals surface area contributed by atoms with E-state index in [-0.39, 0.29) is 13.2 Å². The number of rotatable bonds is 6. The lowest BCUT2D eigenvalue weighted by molar-refractivity contribution is -0.904. The number of benzene rings is 1. The van der Waals surface area contributed by atoms with Crippen LogP contribution in [0, 0.1) is 13.8 Å². The van der Waals surface area contributed by atoms with E-state index in [1.54, 1.807) is 6.92 Å². The second kappa shape index (κ2) is 8.62. The SMILES string of the molecule is CCOC(=O)NC(=O)C[NH+](CC)Cc1cc(=O)oc2cc(C)c(C)cc12. The minimum absolute atomic E-state index is 0.0991. The minimum atomic E-state index is -0.746. The number of likely N-dealkylation sites (N-methyl/N-ethyl adjacent to an activating group) is 1. The summed E-state index contributed by atoms with van der Waals surface area (Å²) in [6.45, 7) is 9.00. The summed E-state index contributed by atoms with van der Waals surface area (Å²) in [5.41, 5.74) is 3.10. The maximum atomic E-state index is 12.0. The molecule has 140 valence electrons. The Morgan fingerprint density at radius 1 is 1.15 bits per heavy atom. The molecule has 1 heterocycles. The summed E-state index contributed by atoms with van der Waals surface area (Å²) in [6.07, 6.45) is -0.746. The Labute approximate surface area is 151 Å². The number of nitrogens with one attached hydrogen (secondary N) is 2. The van der Waals surface area contributed by atoms with E-state index < -0.39 is 17.6 Å². The van der Waals surface area contributed by atoms with Crippen LogP contribution in [0.3, 0.4) is 0 Å². The van der Waals surface area contributed by atoms with Gasteiger partial charge in [-0.05, 0) is 51.0 Å². The van der Waals surface area contributed by atoms with Gasteiger partial charge < -0.3 is 14.1 Å². The van der Waals surface area contributed by atoms with Crippen LogP contribution < -0.4 is 15.8 Å². The summed E-state index contributed by atoms with van der Waals surface area (Å²) in [7, 11) is 0. The van der Waals surface area contributed by atoms with Crippen LogP contribution in [0.5, 0.6) is 0 Å². The molecule has 7 nitrogen and oxygen atoms in total. The molecule has 0 fully saturated rings. The molecule has 1 aromatic carbocycles. The van der Waals surface area contributed by atoms with Crippen molar-refractivity contribution >= 4 is 23.0 Å². The third-order valence-electron chi connectivity index (χ3n) is 4.31. The van der Waals surface area contributed by atoms with Crippen molar-refractivity contribution in [3.63, 3.8) is 0 Å². The van der Waals surface area contributed by atoms with E-state index in [4.69, 9.17) is 9.15 Å². The number of ether oxygens (including phenoxy) is 1. The highest BCUT2D eigenvalue weighted by atomic mass is 16.5. The predicted molar refractivity (Wildman–Crippen MR) is 97.2 cm³/mol. The van der Waals surface area contributed by atoms with Crippen molar-refractivity contribution in [2.24, 2.45) is 0 Å². The van der Waals surface area contributed by atoms with E-state index in [1.807, 2.05) is 32.9 Å². The highest BCUT2D eigenvalue weighted by molar-refractivity contribution is 5.92. The maximum Gasteiger partial charge on any atom is 0.414 e. The number of alkyl carbamates (subject to hydrolysis) is 1. The van der Waals surface area contributed by atoms with E-state index in [0.29, 0.717) is 18.7 Å². The zero-order chi connectivity index (χ0) is 19.3. The molecule has 2 amide bonds. The lowest BCUT2D eigenvalue weighted by atomic mass is 10.0. The van der Waals surface area contributed by atoms with Crippen molar-refractivity contribution in [2.75, 3.05) is 19.7 Å². The average Bonchev–Trinajstić information content (AvgIpc) is 2.56. The van der Waals surface area contributed by atoms with Crippen LogP contribution >= 0.6 is 0 Å². The van der Waals surface area contributed by atoms with Crippen LogP contribution in [-0.2, 0) is 16.1 Å². The lowest BCUT2D eigenvalue weighted by Crippen LogP contribution is -3.11. The molecular weight excluding hydrogens is 336 g/mol. The van der Waals surface area contributed by atoms with Gasteiger partial charge in [0, 0.05) is 17.0 Å². The quantitative estimate of drug-likeness (QED) is 0.752. The van der Waals surface area contributed by atoms with Gasteiger partial charge in [0.05, 0.1) is 13.2 Å². The second-order valence-corrected chi connectivity index (χ2v) is 6.25. The molecule has 0 bridgehead atoms. The standard InChI is InChI=1S/C19H24N2O5/c1-5-21(11-17(22)20-19(24)25-6-2)10-14-9-18(23)26-16-8-13(4)12(3)7-15(14)16/h7-9H,5-6,10-11H2,1-4H3,(H,20,22,24)/p+1. The molecule has 26 heavy (non-hydrogen) atoms. The van der Waals surface area contributed by atoms with Gasteiger partial charge in [0.1, 0.15) is 12.1 Å². The Bertz CT molecular complexity index is 872. The van der Waals surface area contributed by atoms with E-state index in [9.17, 15) is 14.4 Å². The summed E-state index contributed by atoms with van der Waals surface area (Å²) in [4.78, 5) is 36.2. The monoisotopic (exact) mass is 361 g/mol. The highest BCUT2D eigenvalue weighted by Crippen LogP contribution is 2.21. The number of amides is 2. The first-order chi connectivity index (χ1) is 12.3. The number of hydrogen-bond acceptors (Lipinski definition) is 5. The fourth-order valence-electron chi connectivity index (χ4n) is 2.76. The summed E-state index contributed by atoms with van der Waals surface area (Å²) >= 11 is 0. The first-order valence-electron chi connectivity index (χ1n) is 8.68. The average molecular weight is 361 g/mol. The third-order valence-corrected chi connectivity index (χ3v) is 4.31. The summed E-state index contributed by atoms with van der Waals surface area (Å²) < 4.78 is 10.0. The van der Waals surface area contributed by atoms with Crippen molar-refractivity contribution in [2.45, 2.75) is 34.2 Å². The molecule has 2 aromatic rings. The summed E-state index contributed by atoms with van der Waals surface area (Å²) in [6, 6.07) is 5.32. The topological polar surface area (TPSA) is 90.0 Å². The minimum Gasteiger partial charge on any atom is -0.450 e. The predicted octanol–water partition coefficient (Wildman–Crippen LogP) is 1.09. The Morgan fingerprint density at radius 3 is 2.50 bits per heavy atom. The van der Waals surface area contributed by atoms with Crippen LogP contribution in [-0.4, -0.2) is 31.7 Å². The summed E-state index contributed by atoms with van der Waals surface area (Å²) in [5.74, 6) is -0.417. The third kappa shape index (κ3) is 4.92. The van der Waals surface area contributed by atoms with E-state index in [1.165, 1.54) is 6.07 Å². The van der Waals surface area contributed by atoms with Crippen molar-refractivity contribution in [1.29, 1.82) is 0 Å². The van der Waals surface area contributed by atoms with Gasteiger partial charge in [-0.2, -0.15) is 0 Å². The van der Waals surface area contributed by atoms with Gasteiger partial charge in [0.15, 0.2) is 6.54 Å². The maximum absolute atomic E-state index is 12.0. The van der Waals surface area contributed by atoms with Gasteiger partial charge in [0.25, 0.3) is 5.91 Å². The molecule has 0 aliphatic rings. The van der Waals surface area contributed by atoms with Crippen LogP contribution in [0.25, 0.3) is 11.0 Å². The molecule has 1 aromatic heterocycles. The van der Waals surface area contributed by atoms with Crippen molar-refractivity contribution < 1.29 is 23.6 Å². The second-order valence-electron chi connectivity index (χ2n) is 6.25. The number of carbonyl (C=O) groups excluding carboxylic acids is 2. The molecule has 0 radical (unpaired) electrons. The van der Waals surface area contributed by atoms with Crippen molar-refractivity contribution in [3.8, 4) is 0 Å². The van der Waals surface area contributed by atoms with Gasteiger partial charge in [-0.15, -0.1) is 0 Å². The Balaban J connectivity index is 2.22. The Morgan fingerprint density at radius 2 is 1.85 bits per heavy atom. The fraction of sp³-hybridized carbons (Fsp3) is 0.421.